The van der Waals surface area contributed by atoms with E-state index in [1.807, 2.05) is 6.07 Å². The molecule has 4 nitrogen and oxygen atoms in total. The van der Waals surface area contributed by atoms with Crippen molar-refractivity contribution >= 4 is 15.7 Å². The highest BCUT2D eigenvalue weighted by atomic mass is 32.2. The quantitative estimate of drug-likeness (QED) is 0.869. The van der Waals surface area contributed by atoms with Gasteiger partial charge in [-0.1, -0.05) is 12.1 Å². The number of nitrogens with zero attached hydrogens (tertiary/aromatic N) is 1. The van der Waals surface area contributed by atoms with Gasteiger partial charge >= 0.3 is 0 Å². The van der Waals surface area contributed by atoms with E-state index < -0.39 is 10.0 Å². The molecule has 1 aliphatic carbocycles. The standard InChI is InChI=1S/C11H12N2O2S/c1-8-3-2-4-11(10(8)7-12)13-16(14,15)9-5-6-9/h2-4,9,13H,5-6H2,1H3. The monoisotopic (exact) mass is 236 g/mol. The van der Waals surface area contributed by atoms with Gasteiger partial charge in [0.1, 0.15) is 6.07 Å². The number of benzene rings is 1. The highest BCUT2D eigenvalue weighted by Crippen LogP contribution is 2.30. The second-order valence-corrected chi connectivity index (χ2v) is 5.92. The Balaban J connectivity index is 2.35. The lowest BCUT2D eigenvalue weighted by Crippen LogP contribution is -2.18. The summed E-state index contributed by atoms with van der Waals surface area (Å²) in [5, 5.41) is 8.69. The molecule has 0 saturated heterocycles. The van der Waals surface area contributed by atoms with Crippen LogP contribution in [0.5, 0.6) is 0 Å². The zero-order valence-corrected chi connectivity index (χ0v) is 9.71. The molecule has 1 aliphatic rings. The van der Waals surface area contributed by atoms with Crippen LogP contribution >= 0.6 is 0 Å². The Labute approximate surface area is 95.0 Å². The van der Waals surface area contributed by atoms with Crippen molar-refractivity contribution in [1.29, 1.82) is 5.26 Å². The summed E-state index contributed by atoms with van der Waals surface area (Å²) in [7, 11) is -3.29. The average molecular weight is 236 g/mol. The molecule has 1 aromatic carbocycles. The highest BCUT2D eigenvalue weighted by Gasteiger charge is 2.36. The molecule has 1 saturated carbocycles. The van der Waals surface area contributed by atoms with Crippen molar-refractivity contribution < 1.29 is 8.42 Å². The molecule has 0 heterocycles. The van der Waals surface area contributed by atoms with Gasteiger partial charge in [-0.05, 0) is 31.4 Å². The minimum absolute atomic E-state index is 0.278. The van der Waals surface area contributed by atoms with Gasteiger partial charge in [0.2, 0.25) is 10.0 Å². The first-order chi connectivity index (χ1) is 7.54. The molecule has 2 rings (SSSR count). The molecular formula is C11H12N2O2S. The maximum Gasteiger partial charge on any atom is 0.235 e. The van der Waals surface area contributed by atoms with Crippen molar-refractivity contribution in [3.05, 3.63) is 29.3 Å². The summed E-state index contributed by atoms with van der Waals surface area (Å²) in [6, 6.07) is 7.16. The Hall–Kier alpha value is -1.54. The zero-order valence-electron chi connectivity index (χ0n) is 8.90. The van der Waals surface area contributed by atoms with Crippen molar-refractivity contribution in [3.63, 3.8) is 0 Å². The molecule has 0 aromatic heterocycles. The molecule has 1 fully saturated rings. The Morgan fingerprint density at radius 1 is 1.44 bits per heavy atom. The molecule has 0 atom stereocenters. The molecule has 1 aromatic rings. The Bertz CT molecular complexity index is 554. The fraction of sp³-hybridized carbons (Fsp3) is 0.364. The second kappa shape index (κ2) is 3.80. The van der Waals surface area contributed by atoms with Gasteiger partial charge in [-0.15, -0.1) is 0 Å². The van der Waals surface area contributed by atoms with Crippen LogP contribution in [0, 0.1) is 18.3 Å². The Kier molecular flexibility index (Phi) is 2.60. The lowest BCUT2D eigenvalue weighted by molar-refractivity contribution is 0.600. The predicted octanol–water partition coefficient (Wildman–Crippen LogP) is 1.77. The Morgan fingerprint density at radius 3 is 2.69 bits per heavy atom. The second-order valence-electron chi connectivity index (χ2n) is 3.96. The van der Waals surface area contributed by atoms with E-state index in [0.717, 1.165) is 5.56 Å². The van der Waals surface area contributed by atoms with E-state index in [4.69, 9.17) is 5.26 Å². The third-order valence-electron chi connectivity index (χ3n) is 2.60. The molecule has 0 amide bonds. The molecule has 0 spiro atoms. The Morgan fingerprint density at radius 2 is 2.12 bits per heavy atom. The fourth-order valence-corrected chi connectivity index (χ4v) is 2.92. The van der Waals surface area contributed by atoms with E-state index in [-0.39, 0.29) is 5.25 Å². The lowest BCUT2D eigenvalue weighted by atomic mass is 10.1. The first-order valence-corrected chi connectivity index (χ1v) is 6.60. The van der Waals surface area contributed by atoms with Crippen molar-refractivity contribution in [1.82, 2.24) is 0 Å². The first kappa shape index (κ1) is 11.0. The molecule has 0 radical (unpaired) electrons. The third-order valence-corrected chi connectivity index (χ3v) is 4.45. The summed E-state index contributed by atoms with van der Waals surface area (Å²) < 4.78 is 25.9. The number of rotatable bonds is 3. The fourth-order valence-electron chi connectivity index (χ4n) is 1.52. The highest BCUT2D eigenvalue weighted by molar-refractivity contribution is 7.93. The minimum atomic E-state index is -3.29. The molecular weight excluding hydrogens is 224 g/mol. The summed E-state index contributed by atoms with van der Waals surface area (Å²) in [4.78, 5) is 0. The smallest absolute Gasteiger partial charge is 0.235 e. The van der Waals surface area contributed by atoms with Gasteiger partial charge in [0.05, 0.1) is 16.5 Å². The number of nitriles is 1. The first-order valence-electron chi connectivity index (χ1n) is 5.06. The van der Waals surface area contributed by atoms with Crippen LogP contribution in [0.4, 0.5) is 5.69 Å². The predicted molar refractivity (Wildman–Crippen MR) is 61.5 cm³/mol. The number of anilines is 1. The average Bonchev–Trinajstić information content (AvgIpc) is 3.00. The summed E-state index contributed by atoms with van der Waals surface area (Å²) in [6.45, 7) is 1.79. The van der Waals surface area contributed by atoms with Gasteiger partial charge in [-0.25, -0.2) is 8.42 Å². The van der Waals surface area contributed by atoms with E-state index in [0.29, 0.717) is 24.1 Å². The van der Waals surface area contributed by atoms with Crippen LogP contribution in [0.2, 0.25) is 0 Å². The third kappa shape index (κ3) is 2.02. The van der Waals surface area contributed by atoms with Crippen LogP contribution < -0.4 is 4.72 Å². The van der Waals surface area contributed by atoms with E-state index in [9.17, 15) is 8.42 Å². The topological polar surface area (TPSA) is 70.0 Å². The van der Waals surface area contributed by atoms with Gasteiger partial charge in [-0.3, -0.25) is 4.72 Å². The van der Waals surface area contributed by atoms with E-state index >= 15 is 0 Å². The molecule has 1 N–H and O–H groups in total. The van der Waals surface area contributed by atoms with E-state index in [1.165, 1.54) is 0 Å². The summed E-state index contributed by atoms with van der Waals surface area (Å²) >= 11 is 0. The number of hydrogen-bond donors (Lipinski definition) is 1. The van der Waals surface area contributed by atoms with Crippen LogP contribution in [0.25, 0.3) is 0 Å². The van der Waals surface area contributed by atoms with Crippen LogP contribution in [0.15, 0.2) is 18.2 Å². The van der Waals surface area contributed by atoms with Gasteiger partial charge < -0.3 is 0 Å². The van der Waals surface area contributed by atoms with Crippen molar-refractivity contribution in [3.8, 4) is 6.07 Å². The number of sulfonamides is 1. The number of hydrogen-bond acceptors (Lipinski definition) is 3. The lowest BCUT2D eigenvalue weighted by Gasteiger charge is -2.09. The van der Waals surface area contributed by atoms with Gasteiger partial charge in [0.25, 0.3) is 0 Å². The van der Waals surface area contributed by atoms with E-state index in [1.54, 1.807) is 25.1 Å². The molecule has 0 bridgehead atoms. The zero-order chi connectivity index (χ0) is 11.8. The van der Waals surface area contributed by atoms with Gasteiger partial charge in [-0.2, -0.15) is 5.26 Å². The van der Waals surface area contributed by atoms with Crippen molar-refractivity contribution in [2.45, 2.75) is 25.0 Å². The van der Waals surface area contributed by atoms with E-state index in [2.05, 4.69) is 4.72 Å². The normalized spacial score (nSPS) is 15.5. The van der Waals surface area contributed by atoms with Crippen molar-refractivity contribution in [2.75, 3.05) is 4.72 Å². The van der Waals surface area contributed by atoms with Gasteiger partial charge in [0.15, 0.2) is 0 Å². The van der Waals surface area contributed by atoms with Crippen LogP contribution in [0.3, 0.4) is 0 Å². The minimum Gasteiger partial charge on any atom is -0.282 e. The number of nitrogens with one attached hydrogen (secondary N) is 1. The largest absolute Gasteiger partial charge is 0.282 e. The van der Waals surface area contributed by atoms with Crippen LogP contribution in [-0.4, -0.2) is 13.7 Å². The number of aryl methyl sites for hydroxylation is 1. The summed E-state index contributed by atoms with van der Waals surface area (Å²) in [6.07, 6.45) is 1.42. The molecule has 0 aliphatic heterocycles. The molecule has 0 unspecified atom stereocenters. The summed E-state index contributed by atoms with van der Waals surface area (Å²) in [5.41, 5.74) is 1.56. The van der Waals surface area contributed by atoms with Crippen molar-refractivity contribution in [2.24, 2.45) is 0 Å². The molecule has 5 heteroatoms. The molecule has 84 valence electrons. The van der Waals surface area contributed by atoms with Crippen LogP contribution in [0.1, 0.15) is 24.0 Å². The maximum atomic E-state index is 11.7. The molecule has 16 heavy (non-hydrogen) atoms. The van der Waals surface area contributed by atoms with Gasteiger partial charge in [0, 0.05) is 0 Å². The SMILES string of the molecule is Cc1cccc(NS(=O)(=O)C2CC2)c1C#N. The maximum absolute atomic E-state index is 11.7. The van der Waals surface area contributed by atoms with Crippen LogP contribution in [-0.2, 0) is 10.0 Å². The summed E-state index contributed by atoms with van der Waals surface area (Å²) in [5.74, 6) is 0.